The molecule has 1 aromatic heterocycles. The lowest BCUT2D eigenvalue weighted by atomic mass is 9.86. The standard InChI is InChI=1S/C20H32N4OS/c1-15-18(26-16(2)21-15)13-23-11-10-22(3)20(14-23)7-6-19(25)24(9-8-20)12-17-4-5-17/h17H,4-14H2,1-3H3/t20-/m0/s1. The summed E-state index contributed by atoms with van der Waals surface area (Å²) in [7, 11) is 2.26. The molecule has 6 heteroatoms. The van der Waals surface area contributed by atoms with E-state index in [1.54, 1.807) is 0 Å². The molecular weight excluding hydrogens is 344 g/mol. The molecule has 2 aliphatic heterocycles. The van der Waals surface area contributed by atoms with Crippen LogP contribution in [0.3, 0.4) is 0 Å². The zero-order valence-corrected chi connectivity index (χ0v) is 17.3. The molecule has 3 aliphatic rings. The molecule has 0 unspecified atom stereocenters. The number of nitrogens with zero attached hydrogens (tertiary/aromatic N) is 4. The summed E-state index contributed by atoms with van der Waals surface area (Å²) in [5.74, 6) is 1.17. The number of amides is 1. The van der Waals surface area contributed by atoms with E-state index in [2.05, 4.69) is 40.6 Å². The molecule has 2 saturated heterocycles. The van der Waals surface area contributed by atoms with Crippen LogP contribution < -0.4 is 0 Å². The summed E-state index contributed by atoms with van der Waals surface area (Å²) >= 11 is 1.83. The van der Waals surface area contributed by atoms with Crippen molar-refractivity contribution >= 4 is 17.2 Å². The fourth-order valence-corrected chi connectivity index (χ4v) is 5.62. The monoisotopic (exact) mass is 376 g/mol. The molecule has 3 fully saturated rings. The van der Waals surface area contributed by atoms with Crippen LogP contribution in [0.15, 0.2) is 0 Å². The van der Waals surface area contributed by atoms with Crippen molar-refractivity contribution in [2.75, 3.05) is 39.8 Å². The number of carbonyl (C=O) groups is 1. The maximum Gasteiger partial charge on any atom is 0.222 e. The van der Waals surface area contributed by atoms with Crippen molar-refractivity contribution in [1.29, 1.82) is 0 Å². The quantitative estimate of drug-likeness (QED) is 0.810. The molecule has 1 atom stereocenters. The fraction of sp³-hybridized carbons (Fsp3) is 0.800. The van der Waals surface area contributed by atoms with Crippen molar-refractivity contribution in [2.45, 2.75) is 58.0 Å². The SMILES string of the molecule is Cc1nc(C)c(CN2CCN(C)[C@]3(CCC(=O)N(CC4CC4)CC3)C2)s1. The van der Waals surface area contributed by atoms with E-state index in [1.165, 1.54) is 23.4 Å². The Morgan fingerprint density at radius 2 is 2.00 bits per heavy atom. The second kappa shape index (κ2) is 7.21. The average Bonchev–Trinajstić information content (AvgIpc) is 3.38. The van der Waals surface area contributed by atoms with Gasteiger partial charge in [-0.15, -0.1) is 11.3 Å². The first-order chi connectivity index (χ1) is 12.4. The van der Waals surface area contributed by atoms with Crippen LogP contribution in [-0.2, 0) is 11.3 Å². The Balaban J connectivity index is 1.45. The third kappa shape index (κ3) is 3.82. The number of likely N-dealkylation sites (N-methyl/N-ethyl adjacent to an activating group) is 1. The normalized spacial score (nSPS) is 28.7. The molecule has 0 radical (unpaired) electrons. The highest BCUT2D eigenvalue weighted by Crippen LogP contribution is 2.35. The third-order valence-electron chi connectivity index (χ3n) is 6.63. The summed E-state index contributed by atoms with van der Waals surface area (Å²) in [5, 5.41) is 1.16. The molecule has 0 N–H and O–H groups in total. The topological polar surface area (TPSA) is 39.7 Å². The van der Waals surface area contributed by atoms with Crippen LogP contribution in [0.1, 0.15) is 47.7 Å². The van der Waals surface area contributed by atoms with E-state index in [1.807, 2.05) is 11.3 Å². The van der Waals surface area contributed by atoms with Crippen LogP contribution >= 0.6 is 11.3 Å². The van der Waals surface area contributed by atoms with Crippen molar-refractivity contribution in [3.63, 3.8) is 0 Å². The zero-order valence-electron chi connectivity index (χ0n) is 16.5. The van der Waals surface area contributed by atoms with E-state index in [9.17, 15) is 4.79 Å². The molecule has 0 aromatic carbocycles. The summed E-state index contributed by atoms with van der Waals surface area (Å²) in [6.45, 7) is 10.4. The first-order valence-corrected chi connectivity index (χ1v) is 10.9. The smallest absolute Gasteiger partial charge is 0.222 e. The first-order valence-electron chi connectivity index (χ1n) is 10.1. The van der Waals surface area contributed by atoms with Crippen molar-refractivity contribution in [3.8, 4) is 0 Å². The second-order valence-corrected chi connectivity index (χ2v) is 9.92. The average molecular weight is 377 g/mol. The largest absolute Gasteiger partial charge is 0.342 e. The van der Waals surface area contributed by atoms with E-state index in [0.29, 0.717) is 12.3 Å². The highest BCUT2D eigenvalue weighted by atomic mass is 32.1. The van der Waals surface area contributed by atoms with E-state index in [-0.39, 0.29) is 5.54 Å². The van der Waals surface area contributed by atoms with Gasteiger partial charge in [-0.25, -0.2) is 4.98 Å². The maximum atomic E-state index is 12.6. The van der Waals surface area contributed by atoms with E-state index >= 15 is 0 Å². The van der Waals surface area contributed by atoms with E-state index in [0.717, 1.165) is 63.0 Å². The van der Waals surface area contributed by atoms with Gasteiger partial charge in [-0.05, 0) is 52.5 Å². The van der Waals surface area contributed by atoms with Crippen LogP contribution in [0.25, 0.3) is 0 Å². The molecule has 5 nitrogen and oxygen atoms in total. The fourth-order valence-electron chi connectivity index (χ4n) is 4.64. The summed E-state index contributed by atoms with van der Waals surface area (Å²) in [6, 6.07) is 0. The number of carbonyl (C=O) groups excluding carboxylic acids is 1. The zero-order chi connectivity index (χ0) is 18.3. The highest BCUT2D eigenvalue weighted by Gasteiger charge is 2.42. The van der Waals surface area contributed by atoms with Crippen LogP contribution in [0, 0.1) is 19.8 Å². The van der Waals surface area contributed by atoms with Gasteiger partial charge >= 0.3 is 0 Å². The number of likely N-dealkylation sites (tertiary alicyclic amines) is 1. The molecule has 144 valence electrons. The predicted molar refractivity (Wildman–Crippen MR) is 105 cm³/mol. The Labute approximate surface area is 161 Å². The first kappa shape index (κ1) is 18.4. The van der Waals surface area contributed by atoms with Crippen molar-refractivity contribution in [1.82, 2.24) is 19.7 Å². The van der Waals surface area contributed by atoms with Gasteiger partial charge in [0, 0.05) is 56.1 Å². The molecule has 1 aliphatic carbocycles. The summed E-state index contributed by atoms with van der Waals surface area (Å²) in [4.78, 5) is 25.9. The Morgan fingerprint density at radius 1 is 1.19 bits per heavy atom. The third-order valence-corrected chi connectivity index (χ3v) is 7.68. The minimum atomic E-state index is 0.153. The molecule has 26 heavy (non-hydrogen) atoms. The molecule has 1 spiro atoms. The Morgan fingerprint density at radius 3 is 2.69 bits per heavy atom. The number of aromatic nitrogens is 1. The van der Waals surface area contributed by atoms with Gasteiger partial charge in [0.1, 0.15) is 0 Å². The Kier molecular flexibility index (Phi) is 5.10. The van der Waals surface area contributed by atoms with E-state index < -0.39 is 0 Å². The lowest BCUT2D eigenvalue weighted by Gasteiger charge is -2.49. The lowest BCUT2D eigenvalue weighted by molar-refractivity contribution is -0.131. The highest BCUT2D eigenvalue weighted by molar-refractivity contribution is 7.11. The van der Waals surface area contributed by atoms with Crippen LogP contribution in [0.2, 0.25) is 0 Å². The van der Waals surface area contributed by atoms with E-state index in [4.69, 9.17) is 0 Å². The van der Waals surface area contributed by atoms with Crippen LogP contribution in [0.4, 0.5) is 0 Å². The second-order valence-electron chi connectivity index (χ2n) is 8.63. The predicted octanol–water partition coefficient (Wildman–Crippen LogP) is 2.67. The maximum absolute atomic E-state index is 12.6. The lowest BCUT2D eigenvalue weighted by Crippen LogP contribution is -2.60. The van der Waals surface area contributed by atoms with Gasteiger partial charge in [-0.3, -0.25) is 14.6 Å². The van der Waals surface area contributed by atoms with Crippen molar-refractivity contribution < 1.29 is 4.79 Å². The van der Waals surface area contributed by atoms with Crippen LogP contribution in [-0.4, -0.2) is 70.9 Å². The van der Waals surface area contributed by atoms with Gasteiger partial charge in [0.15, 0.2) is 0 Å². The van der Waals surface area contributed by atoms with Gasteiger partial charge < -0.3 is 4.90 Å². The molecular formula is C20H32N4OS. The molecule has 3 heterocycles. The number of hydrogen-bond donors (Lipinski definition) is 0. The van der Waals surface area contributed by atoms with Crippen molar-refractivity contribution in [2.24, 2.45) is 5.92 Å². The van der Waals surface area contributed by atoms with Crippen LogP contribution in [0.5, 0.6) is 0 Å². The minimum absolute atomic E-state index is 0.153. The molecule has 1 saturated carbocycles. The number of aryl methyl sites for hydroxylation is 2. The summed E-state index contributed by atoms with van der Waals surface area (Å²) in [6.07, 6.45) is 5.45. The number of piperazine rings is 1. The molecule has 1 amide bonds. The molecule has 4 rings (SSSR count). The Bertz CT molecular complexity index is 671. The summed E-state index contributed by atoms with van der Waals surface area (Å²) < 4.78 is 0. The molecule has 0 bridgehead atoms. The van der Waals surface area contributed by atoms with Gasteiger partial charge in [0.05, 0.1) is 10.7 Å². The van der Waals surface area contributed by atoms with Gasteiger partial charge in [0.25, 0.3) is 0 Å². The number of rotatable bonds is 4. The molecule has 1 aromatic rings. The minimum Gasteiger partial charge on any atom is -0.342 e. The number of hydrogen-bond acceptors (Lipinski definition) is 5. The Hall–Kier alpha value is -0.980. The van der Waals surface area contributed by atoms with Gasteiger partial charge in [-0.2, -0.15) is 0 Å². The summed E-state index contributed by atoms with van der Waals surface area (Å²) in [5.41, 5.74) is 1.34. The van der Waals surface area contributed by atoms with Gasteiger partial charge in [-0.1, -0.05) is 0 Å². The number of thiazole rings is 1. The van der Waals surface area contributed by atoms with Gasteiger partial charge in [0.2, 0.25) is 5.91 Å². The van der Waals surface area contributed by atoms with Crippen molar-refractivity contribution in [3.05, 3.63) is 15.6 Å².